The Morgan fingerprint density at radius 2 is 2.06 bits per heavy atom. The highest BCUT2D eigenvalue weighted by molar-refractivity contribution is 6.53. The first-order valence-corrected chi connectivity index (χ1v) is 5.73. The molecule has 1 aromatic heterocycles. The quantitative estimate of drug-likeness (QED) is 0.561. The first-order chi connectivity index (χ1) is 7.74. The molecule has 1 aromatic rings. The molecule has 16 heavy (non-hydrogen) atoms. The second-order valence-corrected chi connectivity index (χ2v) is 3.67. The molecule has 4 heteroatoms. The molecule has 0 fully saturated rings. The molecule has 0 bridgehead atoms. The molecule has 0 aliphatic carbocycles. The SMILES string of the molecule is CCCC[n+]1cccc(C)c1.N#C[BH2-]C#N. The van der Waals surface area contributed by atoms with Crippen LogP contribution >= 0.6 is 0 Å². The van der Waals surface area contributed by atoms with E-state index in [2.05, 4.69) is 42.9 Å². The van der Waals surface area contributed by atoms with Crippen LogP contribution in [0.15, 0.2) is 24.5 Å². The van der Waals surface area contributed by atoms with E-state index in [1.54, 1.807) is 11.9 Å². The standard InChI is InChI=1S/C10H16N.C2H2BN2/c1-3-4-7-11-8-5-6-10(2)9-11;4-1-3-2-5/h5-6,8-9H,3-4,7H2,1-2H3;3H2/q+1;-1. The topological polar surface area (TPSA) is 51.5 Å². The first-order valence-electron chi connectivity index (χ1n) is 5.73. The van der Waals surface area contributed by atoms with Gasteiger partial charge in [0.1, 0.15) is 6.54 Å². The molecular formula is C12H18BN3. The lowest BCUT2D eigenvalue weighted by Crippen LogP contribution is -2.32. The number of nitrogens with zero attached hydrogens (tertiary/aromatic N) is 3. The van der Waals surface area contributed by atoms with Gasteiger partial charge in [0, 0.05) is 18.1 Å². The lowest BCUT2D eigenvalue weighted by molar-refractivity contribution is -0.697. The molecule has 0 saturated heterocycles. The summed E-state index contributed by atoms with van der Waals surface area (Å²) in [6.45, 7) is 5.50. The van der Waals surface area contributed by atoms with Crippen molar-refractivity contribution < 1.29 is 4.57 Å². The van der Waals surface area contributed by atoms with Crippen molar-refractivity contribution in [3.63, 3.8) is 0 Å². The highest BCUT2D eigenvalue weighted by atomic mass is 14.9. The first kappa shape index (κ1) is 14.2. The van der Waals surface area contributed by atoms with Crippen molar-refractivity contribution in [2.45, 2.75) is 33.2 Å². The summed E-state index contributed by atoms with van der Waals surface area (Å²) in [7, 11) is -0.861. The van der Waals surface area contributed by atoms with E-state index < -0.39 is 7.28 Å². The highest BCUT2D eigenvalue weighted by Gasteiger charge is 1.97. The van der Waals surface area contributed by atoms with Crippen LogP contribution in [0.2, 0.25) is 0 Å². The van der Waals surface area contributed by atoms with E-state index in [0.717, 1.165) is 6.54 Å². The fraction of sp³-hybridized carbons (Fsp3) is 0.417. The summed E-state index contributed by atoms with van der Waals surface area (Å²) in [5, 5.41) is 15.3. The Bertz CT molecular complexity index is 365. The van der Waals surface area contributed by atoms with Gasteiger partial charge in [-0.1, -0.05) is 13.3 Å². The van der Waals surface area contributed by atoms with Gasteiger partial charge in [0.25, 0.3) is 0 Å². The zero-order chi connectivity index (χ0) is 12.2. The number of pyridine rings is 1. The van der Waals surface area contributed by atoms with Crippen LogP contribution in [0, 0.1) is 29.4 Å². The van der Waals surface area contributed by atoms with E-state index in [9.17, 15) is 0 Å². The van der Waals surface area contributed by atoms with Crippen LogP contribution < -0.4 is 4.57 Å². The molecule has 1 rings (SSSR count). The van der Waals surface area contributed by atoms with Crippen molar-refractivity contribution in [3.05, 3.63) is 30.1 Å². The summed E-state index contributed by atoms with van der Waals surface area (Å²) < 4.78 is 2.25. The maximum absolute atomic E-state index is 7.65. The summed E-state index contributed by atoms with van der Waals surface area (Å²) in [6.07, 6.45) is 6.85. The minimum absolute atomic E-state index is 0.861. The van der Waals surface area contributed by atoms with E-state index in [0.29, 0.717) is 0 Å². The van der Waals surface area contributed by atoms with Crippen LogP contribution in [0.5, 0.6) is 0 Å². The summed E-state index contributed by atoms with van der Waals surface area (Å²) in [5.74, 6) is 3.56. The van der Waals surface area contributed by atoms with Crippen molar-refractivity contribution in [2.75, 3.05) is 0 Å². The summed E-state index contributed by atoms with van der Waals surface area (Å²) in [4.78, 5) is 0. The Kier molecular flexibility index (Phi) is 8.64. The molecule has 0 unspecified atom stereocenters. The van der Waals surface area contributed by atoms with Gasteiger partial charge in [0.05, 0.1) is 0 Å². The maximum Gasteiger partial charge on any atom is 0.179 e. The van der Waals surface area contributed by atoms with E-state index in [1.165, 1.54) is 18.4 Å². The molecule has 0 N–H and O–H groups in total. The van der Waals surface area contributed by atoms with Crippen LogP contribution in [-0.2, 0) is 6.54 Å². The van der Waals surface area contributed by atoms with Gasteiger partial charge in [-0.3, -0.25) is 0 Å². The second kappa shape index (κ2) is 9.74. The van der Waals surface area contributed by atoms with Crippen molar-refractivity contribution in [1.82, 2.24) is 0 Å². The number of hydrogen-bond acceptors (Lipinski definition) is 2. The molecule has 3 nitrogen and oxygen atoms in total. The predicted molar refractivity (Wildman–Crippen MR) is 66.1 cm³/mol. The van der Waals surface area contributed by atoms with Crippen LogP contribution in [-0.4, -0.2) is 7.28 Å². The molecule has 0 aromatic carbocycles. The van der Waals surface area contributed by atoms with Gasteiger partial charge < -0.3 is 0 Å². The fourth-order valence-electron chi connectivity index (χ4n) is 1.18. The van der Waals surface area contributed by atoms with Gasteiger partial charge >= 0.3 is 0 Å². The third kappa shape index (κ3) is 7.59. The molecular weight excluding hydrogens is 197 g/mol. The normalized spacial score (nSPS) is 8.25. The van der Waals surface area contributed by atoms with Crippen LogP contribution in [0.1, 0.15) is 25.3 Å². The van der Waals surface area contributed by atoms with Crippen LogP contribution in [0.3, 0.4) is 0 Å². The Labute approximate surface area is 98.2 Å². The van der Waals surface area contributed by atoms with Gasteiger partial charge in [0.2, 0.25) is 0 Å². The third-order valence-electron chi connectivity index (χ3n) is 2.00. The maximum atomic E-state index is 7.65. The fourth-order valence-corrected chi connectivity index (χ4v) is 1.18. The minimum Gasteiger partial charge on any atom is -0.249 e. The Balaban J connectivity index is 0.000000385. The van der Waals surface area contributed by atoms with Gasteiger partial charge in [-0.15, -0.1) is 11.9 Å². The van der Waals surface area contributed by atoms with E-state index in [-0.39, 0.29) is 0 Å². The van der Waals surface area contributed by atoms with Gasteiger partial charge in [0.15, 0.2) is 19.7 Å². The molecule has 0 amide bonds. The molecule has 0 saturated carbocycles. The smallest absolute Gasteiger partial charge is 0.179 e. The Hall–Kier alpha value is -1.81. The molecule has 0 aliphatic rings. The average molecular weight is 215 g/mol. The van der Waals surface area contributed by atoms with E-state index in [1.807, 2.05) is 0 Å². The molecule has 1 heterocycles. The Morgan fingerprint density at radius 1 is 1.38 bits per heavy atom. The largest absolute Gasteiger partial charge is 0.249 e. The van der Waals surface area contributed by atoms with Crippen LogP contribution in [0.4, 0.5) is 0 Å². The molecule has 84 valence electrons. The number of hydrogen-bond donors (Lipinski definition) is 0. The van der Waals surface area contributed by atoms with Crippen molar-refractivity contribution in [3.8, 4) is 11.9 Å². The molecule has 0 atom stereocenters. The lowest BCUT2D eigenvalue weighted by atomic mass is 9.85. The molecule has 0 aliphatic heterocycles. The minimum atomic E-state index is -0.861. The number of aromatic nitrogens is 1. The van der Waals surface area contributed by atoms with Gasteiger partial charge in [-0.05, 0) is 13.0 Å². The monoisotopic (exact) mass is 215 g/mol. The third-order valence-corrected chi connectivity index (χ3v) is 2.00. The van der Waals surface area contributed by atoms with Crippen molar-refractivity contribution in [1.29, 1.82) is 10.5 Å². The molecule has 0 spiro atoms. The average Bonchev–Trinajstić information content (AvgIpc) is 2.28. The highest BCUT2D eigenvalue weighted by Crippen LogP contribution is 1.91. The predicted octanol–water partition coefficient (Wildman–Crippen LogP) is 1.20. The van der Waals surface area contributed by atoms with Gasteiger partial charge in [-0.25, -0.2) is 15.1 Å². The zero-order valence-corrected chi connectivity index (χ0v) is 10.3. The van der Waals surface area contributed by atoms with Crippen LogP contribution in [0.25, 0.3) is 0 Å². The number of rotatable bonds is 3. The van der Waals surface area contributed by atoms with Gasteiger partial charge in [-0.2, -0.15) is 0 Å². The van der Waals surface area contributed by atoms with Crippen molar-refractivity contribution in [2.24, 2.45) is 0 Å². The number of unbranched alkanes of at least 4 members (excludes halogenated alkanes) is 1. The second-order valence-electron chi connectivity index (χ2n) is 3.67. The summed E-state index contributed by atoms with van der Waals surface area (Å²) >= 11 is 0. The molecule has 0 radical (unpaired) electrons. The number of nitriles is 2. The van der Waals surface area contributed by atoms with E-state index in [4.69, 9.17) is 10.5 Å². The number of aryl methyl sites for hydroxylation is 2. The summed E-state index contributed by atoms with van der Waals surface area (Å²) in [6, 6.07) is 4.23. The zero-order valence-electron chi connectivity index (χ0n) is 10.3. The summed E-state index contributed by atoms with van der Waals surface area (Å²) in [5.41, 5.74) is 1.34. The Morgan fingerprint density at radius 3 is 2.50 bits per heavy atom. The van der Waals surface area contributed by atoms with Crippen molar-refractivity contribution >= 4 is 7.28 Å². The lowest BCUT2D eigenvalue weighted by Gasteiger charge is -1.94. The van der Waals surface area contributed by atoms with E-state index >= 15 is 0 Å².